The highest BCUT2D eigenvalue weighted by molar-refractivity contribution is 9.10. The Hall–Kier alpha value is -0.890. The van der Waals surface area contributed by atoms with Gasteiger partial charge in [-0.3, -0.25) is 4.99 Å². The van der Waals surface area contributed by atoms with Crippen molar-refractivity contribution in [2.45, 2.75) is 13.3 Å². The predicted molar refractivity (Wildman–Crippen MR) is 67.0 cm³/mol. The lowest BCUT2D eigenvalue weighted by atomic mass is 10.00. The third-order valence-electron chi connectivity index (χ3n) is 2.08. The predicted octanol–water partition coefficient (Wildman–Crippen LogP) is 3.73. The van der Waals surface area contributed by atoms with E-state index in [1.807, 2.05) is 6.07 Å². The molecule has 0 aliphatic heterocycles. The minimum Gasteiger partial charge on any atom is -0.296 e. The van der Waals surface area contributed by atoms with E-state index in [1.54, 1.807) is 13.3 Å². The highest BCUT2D eigenvalue weighted by atomic mass is 79.9. The Morgan fingerprint density at radius 2 is 2.29 bits per heavy atom. The van der Waals surface area contributed by atoms with E-state index in [9.17, 15) is 0 Å². The summed E-state index contributed by atoms with van der Waals surface area (Å²) >= 11 is 3.46. The molecule has 0 amide bonds. The first-order valence-corrected chi connectivity index (χ1v) is 5.38. The van der Waals surface area contributed by atoms with Crippen molar-refractivity contribution < 1.29 is 0 Å². The SMILES string of the molecule is C=C(/C=N\C)c1ccc(Br)cc1CC. The summed E-state index contributed by atoms with van der Waals surface area (Å²) in [5.41, 5.74) is 3.45. The Kier molecular flexibility index (Phi) is 4.08. The van der Waals surface area contributed by atoms with Crippen molar-refractivity contribution >= 4 is 27.7 Å². The molecule has 1 nitrogen and oxygen atoms in total. The minimum absolute atomic E-state index is 0.969. The molecule has 74 valence electrons. The fourth-order valence-electron chi connectivity index (χ4n) is 1.39. The van der Waals surface area contributed by atoms with Gasteiger partial charge in [-0.2, -0.15) is 0 Å². The number of allylic oxidation sites excluding steroid dienone is 1. The van der Waals surface area contributed by atoms with Crippen molar-refractivity contribution in [2.75, 3.05) is 7.05 Å². The van der Waals surface area contributed by atoms with Crippen LogP contribution in [0.2, 0.25) is 0 Å². The molecule has 0 bridgehead atoms. The highest BCUT2D eigenvalue weighted by Gasteiger charge is 2.03. The van der Waals surface area contributed by atoms with Gasteiger partial charge in [0.05, 0.1) is 0 Å². The zero-order valence-electron chi connectivity index (χ0n) is 8.55. The first kappa shape index (κ1) is 11.2. The molecule has 0 heterocycles. The monoisotopic (exact) mass is 251 g/mol. The van der Waals surface area contributed by atoms with Crippen LogP contribution < -0.4 is 0 Å². The van der Waals surface area contributed by atoms with Crippen LogP contribution in [-0.2, 0) is 6.42 Å². The molecule has 0 N–H and O–H groups in total. The first-order valence-electron chi connectivity index (χ1n) is 4.59. The lowest BCUT2D eigenvalue weighted by Crippen LogP contribution is -1.92. The molecule has 0 radical (unpaired) electrons. The minimum atomic E-state index is 0.969. The molecule has 0 aliphatic rings. The molecule has 0 aliphatic carbocycles. The van der Waals surface area contributed by atoms with Crippen molar-refractivity contribution in [3.8, 4) is 0 Å². The number of hydrogen-bond donors (Lipinski definition) is 0. The number of benzene rings is 1. The van der Waals surface area contributed by atoms with E-state index in [4.69, 9.17) is 0 Å². The van der Waals surface area contributed by atoms with E-state index in [0.717, 1.165) is 16.5 Å². The van der Waals surface area contributed by atoms with Crippen LogP contribution in [0.5, 0.6) is 0 Å². The van der Waals surface area contributed by atoms with Crippen molar-refractivity contribution in [1.29, 1.82) is 0 Å². The average Bonchev–Trinajstić information content (AvgIpc) is 2.17. The van der Waals surface area contributed by atoms with E-state index in [-0.39, 0.29) is 0 Å². The van der Waals surface area contributed by atoms with Crippen molar-refractivity contribution in [3.63, 3.8) is 0 Å². The second-order valence-corrected chi connectivity index (χ2v) is 3.98. The standard InChI is InChI=1S/C12H14BrN/c1-4-10-7-11(13)5-6-12(10)9(2)8-14-3/h5-8H,2,4H2,1,3H3/b14-8-. The Morgan fingerprint density at radius 3 is 2.86 bits per heavy atom. The maximum atomic E-state index is 3.99. The van der Waals surface area contributed by atoms with Gasteiger partial charge in [0.2, 0.25) is 0 Å². The van der Waals surface area contributed by atoms with Gasteiger partial charge in [-0.25, -0.2) is 0 Å². The van der Waals surface area contributed by atoms with Gasteiger partial charge in [0.15, 0.2) is 0 Å². The summed E-state index contributed by atoms with van der Waals surface area (Å²) in [5.74, 6) is 0. The molecule has 2 heteroatoms. The summed E-state index contributed by atoms with van der Waals surface area (Å²) in [5, 5.41) is 0. The molecule has 1 aromatic carbocycles. The molecule has 1 rings (SSSR count). The fourth-order valence-corrected chi connectivity index (χ4v) is 1.80. The Bertz CT molecular complexity index is 367. The fraction of sp³-hybridized carbons (Fsp3) is 0.250. The van der Waals surface area contributed by atoms with Crippen LogP contribution in [0.15, 0.2) is 34.2 Å². The van der Waals surface area contributed by atoms with E-state index >= 15 is 0 Å². The van der Waals surface area contributed by atoms with E-state index in [1.165, 1.54) is 11.1 Å². The maximum absolute atomic E-state index is 3.99. The normalized spacial score (nSPS) is 10.8. The number of nitrogens with zero attached hydrogens (tertiary/aromatic N) is 1. The van der Waals surface area contributed by atoms with Crippen LogP contribution in [0.3, 0.4) is 0 Å². The van der Waals surface area contributed by atoms with Gasteiger partial charge >= 0.3 is 0 Å². The van der Waals surface area contributed by atoms with Gasteiger partial charge in [-0.1, -0.05) is 35.5 Å². The van der Waals surface area contributed by atoms with Crippen LogP contribution in [0.1, 0.15) is 18.1 Å². The van der Waals surface area contributed by atoms with Gasteiger partial charge in [0.25, 0.3) is 0 Å². The first-order chi connectivity index (χ1) is 6.69. The van der Waals surface area contributed by atoms with Crippen molar-refractivity contribution in [1.82, 2.24) is 0 Å². The summed E-state index contributed by atoms with van der Waals surface area (Å²) in [6, 6.07) is 6.24. The molecule has 0 saturated heterocycles. The molecule has 0 spiro atoms. The lowest BCUT2D eigenvalue weighted by molar-refractivity contribution is 1.13. The Balaban J connectivity index is 3.13. The smallest absolute Gasteiger partial charge is 0.0281 e. The molecule has 0 unspecified atom stereocenters. The van der Waals surface area contributed by atoms with E-state index in [0.29, 0.717) is 0 Å². The third kappa shape index (κ3) is 2.55. The van der Waals surface area contributed by atoms with Gasteiger partial charge in [-0.15, -0.1) is 0 Å². The third-order valence-corrected chi connectivity index (χ3v) is 2.57. The molecule has 0 saturated carbocycles. The van der Waals surface area contributed by atoms with Crippen LogP contribution in [-0.4, -0.2) is 13.3 Å². The number of aliphatic imine (C=N–C) groups is 1. The molecular formula is C12H14BrN. The van der Waals surface area contributed by atoms with Crippen molar-refractivity contribution in [2.24, 2.45) is 4.99 Å². The van der Waals surface area contributed by atoms with Gasteiger partial charge in [-0.05, 0) is 35.3 Å². The summed E-state index contributed by atoms with van der Waals surface area (Å²) in [6.07, 6.45) is 2.80. The summed E-state index contributed by atoms with van der Waals surface area (Å²) in [6.45, 7) is 6.13. The van der Waals surface area contributed by atoms with Crippen LogP contribution in [0.4, 0.5) is 0 Å². The molecule has 1 aromatic rings. The summed E-state index contributed by atoms with van der Waals surface area (Å²) < 4.78 is 1.11. The number of rotatable bonds is 3. The lowest BCUT2D eigenvalue weighted by Gasteiger charge is -2.07. The summed E-state index contributed by atoms with van der Waals surface area (Å²) in [7, 11) is 1.76. The van der Waals surface area contributed by atoms with E-state index in [2.05, 4.69) is 46.6 Å². The number of hydrogen-bond acceptors (Lipinski definition) is 1. The number of halogens is 1. The molecule has 0 aromatic heterocycles. The summed E-state index contributed by atoms with van der Waals surface area (Å²) in [4.78, 5) is 3.97. The van der Waals surface area contributed by atoms with Crippen LogP contribution in [0, 0.1) is 0 Å². The zero-order chi connectivity index (χ0) is 10.6. The van der Waals surface area contributed by atoms with Crippen LogP contribution >= 0.6 is 15.9 Å². The number of aryl methyl sites for hydroxylation is 1. The topological polar surface area (TPSA) is 12.4 Å². The van der Waals surface area contributed by atoms with Gasteiger partial charge < -0.3 is 0 Å². The Morgan fingerprint density at radius 1 is 1.57 bits per heavy atom. The highest BCUT2D eigenvalue weighted by Crippen LogP contribution is 2.21. The molecule has 0 fully saturated rings. The Labute approximate surface area is 93.7 Å². The van der Waals surface area contributed by atoms with Gasteiger partial charge in [0, 0.05) is 17.7 Å². The van der Waals surface area contributed by atoms with Gasteiger partial charge in [0.1, 0.15) is 0 Å². The van der Waals surface area contributed by atoms with Crippen molar-refractivity contribution in [3.05, 3.63) is 40.4 Å². The largest absolute Gasteiger partial charge is 0.296 e. The molecular weight excluding hydrogens is 238 g/mol. The quantitative estimate of drug-likeness (QED) is 0.727. The average molecular weight is 252 g/mol. The second kappa shape index (κ2) is 5.11. The second-order valence-electron chi connectivity index (χ2n) is 3.07. The van der Waals surface area contributed by atoms with Crippen LogP contribution in [0.25, 0.3) is 5.57 Å². The molecule has 0 atom stereocenters. The van der Waals surface area contributed by atoms with E-state index < -0.39 is 0 Å². The maximum Gasteiger partial charge on any atom is 0.0281 e. The molecule has 14 heavy (non-hydrogen) atoms. The zero-order valence-corrected chi connectivity index (χ0v) is 10.1.